The molecule has 0 spiro atoms. The molecule has 1 aliphatic carbocycles. The van der Waals surface area contributed by atoms with E-state index in [1.54, 1.807) is 0 Å². The normalized spacial score (nSPS) is 20.9. The van der Waals surface area contributed by atoms with Gasteiger partial charge in [-0.1, -0.05) is 40.5 Å². The summed E-state index contributed by atoms with van der Waals surface area (Å²) in [6.45, 7) is 7.39. The van der Waals surface area contributed by atoms with Crippen LogP contribution in [0.3, 0.4) is 0 Å². The lowest BCUT2D eigenvalue weighted by atomic mass is 9.83. The highest BCUT2D eigenvalue weighted by molar-refractivity contribution is 5.87. The van der Waals surface area contributed by atoms with Crippen LogP contribution in [0.5, 0.6) is 0 Å². The summed E-state index contributed by atoms with van der Waals surface area (Å²) in [7, 11) is 0. The molecule has 4 nitrogen and oxygen atoms in total. The average molecular weight is 241 g/mol. The topological polar surface area (TPSA) is 66.4 Å². The minimum absolute atomic E-state index is 0.114. The Morgan fingerprint density at radius 1 is 1.24 bits per heavy atom. The van der Waals surface area contributed by atoms with E-state index in [2.05, 4.69) is 5.32 Å². The zero-order chi connectivity index (χ0) is 13.3. The Labute approximate surface area is 103 Å². The van der Waals surface area contributed by atoms with Gasteiger partial charge < -0.3 is 10.4 Å². The van der Waals surface area contributed by atoms with E-state index in [1.165, 1.54) is 0 Å². The predicted molar refractivity (Wildman–Crippen MR) is 65.6 cm³/mol. The highest BCUT2D eigenvalue weighted by Crippen LogP contribution is 2.38. The third kappa shape index (κ3) is 3.20. The van der Waals surface area contributed by atoms with E-state index in [-0.39, 0.29) is 11.3 Å². The first-order valence-corrected chi connectivity index (χ1v) is 6.20. The molecule has 98 valence electrons. The fourth-order valence-electron chi connectivity index (χ4n) is 2.34. The first kappa shape index (κ1) is 14.0. The molecule has 1 fully saturated rings. The molecule has 1 amide bonds. The van der Waals surface area contributed by atoms with Gasteiger partial charge in [-0.2, -0.15) is 0 Å². The average Bonchev–Trinajstić information content (AvgIpc) is 2.60. The summed E-state index contributed by atoms with van der Waals surface area (Å²) in [4.78, 5) is 23.3. The Balaban J connectivity index is 2.75. The molecule has 1 rings (SSSR count). The number of carbonyl (C=O) groups is 2. The van der Waals surface area contributed by atoms with Gasteiger partial charge in [0.15, 0.2) is 0 Å². The third-order valence-electron chi connectivity index (χ3n) is 3.64. The van der Waals surface area contributed by atoms with Crippen molar-refractivity contribution < 1.29 is 14.7 Å². The van der Waals surface area contributed by atoms with Crippen LogP contribution in [0, 0.1) is 10.8 Å². The fourth-order valence-corrected chi connectivity index (χ4v) is 2.34. The summed E-state index contributed by atoms with van der Waals surface area (Å²) in [5.74, 6) is -1.08. The van der Waals surface area contributed by atoms with Crippen LogP contribution in [0.2, 0.25) is 0 Å². The third-order valence-corrected chi connectivity index (χ3v) is 3.64. The Kier molecular flexibility index (Phi) is 3.84. The smallest absolute Gasteiger partial charge is 0.326 e. The van der Waals surface area contributed by atoms with E-state index in [9.17, 15) is 9.59 Å². The van der Waals surface area contributed by atoms with E-state index >= 15 is 0 Å². The quantitative estimate of drug-likeness (QED) is 0.796. The second kappa shape index (κ2) is 4.67. The molecule has 0 bridgehead atoms. The number of nitrogens with one attached hydrogen (secondary N) is 1. The molecule has 0 aromatic rings. The molecular formula is C13H23NO3. The number of amides is 1. The molecule has 4 heteroatoms. The summed E-state index contributed by atoms with van der Waals surface area (Å²) in [5.41, 5.74) is -0.852. The summed E-state index contributed by atoms with van der Waals surface area (Å²) in [6, 6.07) is -0.826. The molecule has 0 unspecified atom stereocenters. The first-order chi connectivity index (χ1) is 7.67. The molecule has 17 heavy (non-hydrogen) atoms. The van der Waals surface area contributed by atoms with Gasteiger partial charge in [-0.25, -0.2) is 4.79 Å². The van der Waals surface area contributed by atoms with Crippen molar-refractivity contribution in [2.45, 2.75) is 59.4 Å². The number of carboxylic acid groups (broad SMARTS) is 1. The van der Waals surface area contributed by atoms with Gasteiger partial charge in [-0.15, -0.1) is 0 Å². The lowest BCUT2D eigenvalue weighted by Crippen LogP contribution is -2.52. The zero-order valence-corrected chi connectivity index (χ0v) is 11.2. The number of aliphatic carboxylic acids is 1. The van der Waals surface area contributed by atoms with Crippen molar-refractivity contribution in [2.75, 3.05) is 0 Å². The van der Waals surface area contributed by atoms with Crippen LogP contribution in [-0.2, 0) is 9.59 Å². The van der Waals surface area contributed by atoms with E-state index < -0.39 is 17.4 Å². The number of carboxylic acids is 1. The summed E-state index contributed by atoms with van der Waals surface area (Å²) < 4.78 is 0. The Hall–Kier alpha value is -1.06. The SMILES string of the molecule is CC1(C(=O)N[C@@H](C(=O)O)C(C)(C)C)CCCC1. The minimum atomic E-state index is -0.965. The largest absolute Gasteiger partial charge is 0.480 e. The van der Waals surface area contributed by atoms with Gasteiger partial charge in [0.25, 0.3) is 0 Å². The maximum absolute atomic E-state index is 12.2. The minimum Gasteiger partial charge on any atom is -0.480 e. The van der Waals surface area contributed by atoms with Gasteiger partial charge in [0.2, 0.25) is 5.91 Å². The van der Waals surface area contributed by atoms with Crippen LogP contribution < -0.4 is 5.32 Å². The summed E-state index contributed by atoms with van der Waals surface area (Å²) >= 11 is 0. The second-order valence-corrected chi connectivity index (χ2v) is 6.38. The fraction of sp³-hybridized carbons (Fsp3) is 0.846. The van der Waals surface area contributed by atoms with Gasteiger partial charge in [0.05, 0.1) is 0 Å². The number of hydrogen-bond acceptors (Lipinski definition) is 2. The molecule has 1 aliphatic rings. The zero-order valence-electron chi connectivity index (χ0n) is 11.2. The van der Waals surface area contributed by atoms with Crippen molar-refractivity contribution in [1.82, 2.24) is 5.32 Å². The molecule has 0 heterocycles. The van der Waals surface area contributed by atoms with E-state index in [0.29, 0.717) is 0 Å². The van der Waals surface area contributed by atoms with E-state index in [0.717, 1.165) is 25.7 Å². The molecule has 1 atom stereocenters. The van der Waals surface area contributed by atoms with Crippen molar-refractivity contribution in [3.63, 3.8) is 0 Å². The van der Waals surface area contributed by atoms with E-state index in [1.807, 2.05) is 27.7 Å². The van der Waals surface area contributed by atoms with Crippen LogP contribution in [0.4, 0.5) is 0 Å². The van der Waals surface area contributed by atoms with Gasteiger partial charge in [0.1, 0.15) is 6.04 Å². The Morgan fingerprint density at radius 2 is 1.71 bits per heavy atom. The summed E-state index contributed by atoms with van der Waals surface area (Å²) in [6.07, 6.45) is 3.82. The number of carbonyl (C=O) groups excluding carboxylic acids is 1. The highest BCUT2D eigenvalue weighted by atomic mass is 16.4. The Morgan fingerprint density at radius 3 is 2.06 bits per heavy atom. The lowest BCUT2D eigenvalue weighted by Gasteiger charge is -2.31. The van der Waals surface area contributed by atoms with Crippen molar-refractivity contribution in [3.05, 3.63) is 0 Å². The lowest BCUT2D eigenvalue weighted by molar-refractivity contribution is -0.146. The first-order valence-electron chi connectivity index (χ1n) is 6.20. The second-order valence-electron chi connectivity index (χ2n) is 6.38. The van der Waals surface area contributed by atoms with Gasteiger partial charge in [0, 0.05) is 5.41 Å². The molecule has 0 aromatic heterocycles. The maximum atomic E-state index is 12.2. The standard InChI is InChI=1S/C13H23NO3/c1-12(2,3)9(10(15)16)14-11(17)13(4)7-5-6-8-13/h9H,5-8H2,1-4H3,(H,14,17)(H,15,16)/t9-/m0/s1. The van der Waals surface area contributed by atoms with Gasteiger partial charge >= 0.3 is 5.97 Å². The number of hydrogen-bond donors (Lipinski definition) is 2. The van der Waals surface area contributed by atoms with Gasteiger partial charge in [-0.05, 0) is 18.3 Å². The van der Waals surface area contributed by atoms with Crippen molar-refractivity contribution in [1.29, 1.82) is 0 Å². The molecule has 1 saturated carbocycles. The van der Waals surface area contributed by atoms with Crippen LogP contribution in [-0.4, -0.2) is 23.0 Å². The monoisotopic (exact) mass is 241 g/mol. The van der Waals surface area contributed by atoms with Crippen molar-refractivity contribution in [3.8, 4) is 0 Å². The molecule has 0 aromatic carbocycles. The Bertz CT molecular complexity index is 311. The molecule has 2 N–H and O–H groups in total. The van der Waals surface area contributed by atoms with Crippen LogP contribution >= 0.6 is 0 Å². The molecule has 0 aliphatic heterocycles. The van der Waals surface area contributed by atoms with Gasteiger partial charge in [-0.3, -0.25) is 4.79 Å². The predicted octanol–water partition coefficient (Wildman–Crippen LogP) is 2.18. The van der Waals surface area contributed by atoms with Crippen molar-refractivity contribution >= 4 is 11.9 Å². The molecule has 0 saturated heterocycles. The van der Waals surface area contributed by atoms with Crippen molar-refractivity contribution in [2.24, 2.45) is 10.8 Å². The summed E-state index contributed by atoms with van der Waals surface area (Å²) in [5, 5.41) is 11.9. The van der Waals surface area contributed by atoms with Crippen LogP contribution in [0.25, 0.3) is 0 Å². The van der Waals surface area contributed by atoms with Crippen LogP contribution in [0.15, 0.2) is 0 Å². The highest BCUT2D eigenvalue weighted by Gasteiger charge is 2.40. The molecular weight excluding hydrogens is 218 g/mol. The van der Waals surface area contributed by atoms with Crippen LogP contribution in [0.1, 0.15) is 53.4 Å². The maximum Gasteiger partial charge on any atom is 0.326 e. The molecule has 0 radical (unpaired) electrons. The number of rotatable bonds is 3. The van der Waals surface area contributed by atoms with E-state index in [4.69, 9.17) is 5.11 Å².